The molecule has 0 aliphatic carbocycles. The third-order valence-corrected chi connectivity index (χ3v) is 4.66. The lowest BCUT2D eigenvalue weighted by atomic mass is 10.2. The normalized spacial score (nSPS) is 10.7. The van der Waals surface area contributed by atoms with E-state index in [0.717, 1.165) is 5.69 Å². The van der Waals surface area contributed by atoms with Crippen molar-refractivity contribution in [1.29, 1.82) is 0 Å². The summed E-state index contributed by atoms with van der Waals surface area (Å²) in [6.45, 7) is 4.24. The van der Waals surface area contributed by atoms with Gasteiger partial charge in [0.15, 0.2) is 11.0 Å². The summed E-state index contributed by atoms with van der Waals surface area (Å²) >= 11 is 1.30. The highest BCUT2D eigenvalue weighted by molar-refractivity contribution is 7.99. The number of carbonyl (C=O) groups is 1. The van der Waals surface area contributed by atoms with Crippen molar-refractivity contribution in [3.63, 3.8) is 0 Å². The predicted molar refractivity (Wildman–Crippen MR) is 99.4 cm³/mol. The average molecular weight is 371 g/mol. The molecule has 0 atom stereocenters. The first kappa shape index (κ1) is 18.1. The van der Waals surface area contributed by atoms with Gasteiger partial charge in [-0.25, -0.2) is 4.98 Å². The van der Waals surface area contributed by atoms with Gasteiger partial charge in [-0.05, 0) is 32.0 Å². The number of rotatable bonds is 6. The van der Waals surface area contributed by atoms with E-state index in [4.69, 9.17) is 0 Å². The maximum absolute atomic E-state index is 13.4. The van der Waals surface area contributed by atoms with Gasteiger partial charge in [0.2, 0.25) is 11.9 Å². The summed E-state index contributed by atoms with van der Waals surface area (Å²) in [5.41, 5.74) is 1.90. The third-order valence-electron chi connectivity index (χ3n) is 3.70. The van der Waals surface area contributed by atoms with Crippen LogP contribution in [0.25, 0.3) is 11.4 Å². The maximum atomic E-state index is 13.4. The summed E-state index contributed by atoms with van der Waals surface area (Å²) < 4.78 is 15.3. The number of pyridine rings is 1. The van der Waals surface area contributed by atoms with Crippen LogP contribution >= 0.6 is 11.8 Å². The fourth-order valence-corrected chi connectivity index (χ4v) is 3.23. The van der Waals surface area contributed by atoms with Crippen LogP contribution in [0.5, 0.6) is 0 Å². The van der Waals surface area contributed by atoms with Crippen LogP contribution in [0, 0.1) is 12.9 Å². The van der Waals surface area contributed by atoms with Crippen molar-refractivity contribution < 1.29 is 9.18 Å². The highest BCUT2D eigenvalue weighted by Crippen LogP contribution is 2.24. The SMILES string of the molecule is CCn1c(SCC(=O)Nc2ccccc2)nnc1-c1cnc(F)c(C)c1. The van der Waals surface area contributed by atoms with E-state index in [1.807, 2.05) is 41.8 Å². The summed E-state index contributed by atoms with van der Waals surface area (Å²) in [7, 11) is 0. The molecule has 0 saturated carbocycles. The lowest BCUT2D eigenvalue weighted by Gasteiger charge is -2.08. The zero-order valence-electron chi connectivity index (χ0n) is 14.4. The Morgan fingerprint density at radius 2 is 2.04 bits per heavy atom. The summed E-state index contributed by atoms with van der Waals surface area (Å²) in [5.74, 6) is 0.207. The Kier molecular flexibility index (Phi) is 5.62. The molecule has 1 N–H and O–H groups in total. The lowest BCUT2D eigenvalue weighted by molar-refractivity contribution is -0.113. The average Bonchev–Trinajstić information content (AvgIpc) is 3.06. The van der Waals surface area contributed by atoms with E-state index < -0.39 is 5.95 Å². The molecule has 0 radical (unpaired) electrons. The van der Waals surface area contributed by atoms with E-state index in [0.29, 0.717) is 28.7 Å². The number of anilines is 1. The highest BCUT2D eigenvalue weighted by atomic mass is 32.2. The Labute approximate surface area is 154 Å². The number of nitrogens with zero attached hydrogens (tertiary/aromatic N) is 4. The number of benzene rings is 1. The van der Waals surface area contributed by atoms with Gasteiger partial charge in [-0.1, -0.05) is 30.0 Å². The summed E-state index contributed by atoms with van der Waals surface area (Å²) in [6.07, 6.45) is 1.44. The molecule has 0 bridgehead atoms. The van der Waals surface area contributed by atoms with Crippen LogP contribution in [0.4, 0.5) is 10.1 Å². The minimum atomic E-state index is -0.497. The molecule has 2 aromatic heterocycles. The van der Waals surface area contributed by atoms with Gasteiger partial charge in [0.25, 0.3) is 0 Å². The molecular formula is C18H18FN5OS. The molecule has 0 saturated heterocycles. The molecule has 134 valence electrons. The van der Waals surface area contributed by atoms with E-state index in [9.17, 15) is 9.18 Å². The third kappa shape index (κ3) is 4.08. The van der Waals surface area contributed by atoms with Crippen molar-refractivity contribution in [2.24, 2.45) is 0 Å². The quantitative estimate of drug-likeness (QED) is 0.530. The fourth-order valence-electron chi connectivity index (χ4n) is 2.42. The molecule has 0 unspecified atom stereocenters. The molecule has 0 aliphatic rings. The van der Waals surface area contributed by atoms with Gasteiger partial charge in [0.1, 0.15) is 0 Å². The van der Waals surface area contributed by atoms with Crippen molar-refractivity contribution in [1.82, 2.24) is 19.7 Å². The van der Waals surface area contributed by atoms with Gasteiger partial charge in [-0.3, -0.25) is 4.79 Å². The Balaban J connectivity index is 1.72. The first-order valence-electron chi connectivity index (χ1n) is 8.12. The smallest absolute Gasteiger partial charge is 0.234 e. The van der Waals surface area contributed by atoms with Gasteiger partial charge < -0.3 is 9.88 Å². The number of aryl methyl sites for hydroxylation is 1. The topological polar surface area (TPSA) is 72.7 Å². The Morgan fingerprint density at radius 1 is 1.27 bits per heavy atom. The first-order valence-corrected chi connectivity index (χ1v) is 9.10. The molecule has 26 heavy (non-hydrogen) atoms. The van der Waals surface area contributed by atoms with Gasteiger partial charge in [0.05, 0.1) is 5.75 Å². The Morgan fingerprint density at radius 3 is 2.73 bits per heavy atom. The molecule has 0 fully saturated rings. The number of thioether (sulfide) groups is 1. The Bertz CT molecular complexity index is 913. The lowest BCUT2D eigenvalue weighted by Crippen LogP contribution is -2.14. The molecule has 3 aromatic rings. The molecule has 1 aromatic carbocycles. The molecule has 0 aliphatic heterocycles. The van der Waals surface area contributed by atoms with Crippen molar-refractivity contribution in [3.8, 4) is 11.4 Å². The molecule has 1 amide bonds. The number of nitrogens with one attached hydrogen (secondary N) is 1. The van der Waals surface area contributed by atoms with Crippen LogP contribution in [-0.2, 0) is 11.3 Å². The number of aromatic nitrogens is 4. The molecule has 0 spiro atoms. The first-order chi connectivity index (χ1) is 12.6. The summed E-state index contributed by atoms with van der Waals surface area (Å²) in [5, 5.41) is 11.8. The van der Waals surface area contributed by atoms with Gasteiger partial charge in [-0.2, -0.15) is 4.39 Å². The highest BCUT2D eigenvalue weighted by Gasteiger charge is 2.16. The zero-order valence-corrected chi connectivity index (χ0v) is 15.3. The summed E-state index contributed by atoms with van der Waals surface area (Å²) in [4.78, 5) is 15.8. The van der Waals surface area contributed by atoms with Crippen molar-refractivity contribution in [2.45, 2.75) is 25.5 Å². The van der Waals surface area contributed by atoms with Crippen LogP contribution in [0.3, 0.4) is 0 Å². The van der Waals surface area contributed by atoms with Gasteiger partial charge >= 0.3 is 0 Å². The van der Waals surface area contributed by atoms with Crippen LogP contribution < -0.4 is 5.32 Å². The second-order valence-corrected chi connectivity index (χ2v) is 6.53. The molecular weight excluding hydrogens is 353 g/mol. The molecule has 3 rings (SSSR count). The molecule has 2 heterocycles. The van der Waals surface area contributed by atoms with Gasteiger partial charge in [0, 0.05) is 29.6 Å². The predicted octanol–water partition coefficient (Wildman–Crippen LogP) is 3.54. The number of halogens is 1. The Hall–Kier alpha value is -2.74. The second kappa shape index (κ2) is 8.09. The van der Waals surface area contributed by atoms with E-state index in [1.165, 1.54) is 18.0 Å². The van der Waals surface area contributed by atoms with Crippen molar-refractivity contribution in [2.75, 3.05) is 11.1 Å². The van der Waals surface area contributed by atoms with Crippen LogP contribution in [0.2, 0.25) is 0 Å². The number of carbonyl (C=O) groups excluding carboxylic acids is 1. The van der Waals surface area contributed by atoms with Crippen LogP contribution in [0.15, 0.2) is 47.8 Å². The van der Waals surface area contributed by atoms with Crippen LogP contribution in [-0.4, -0.2) is 31.4 Å². The van der Waals surface area contributed by atoms with E-state index in [1.54, 1.807) is 13.0 Å². The van der Waals surface area contributed by atoms with Crippen LogP contribution in [0.1, 0.15) is 12.5 Å². The number of amides is 1. The molecule has 8 heteroatoms. The zero-order chi connectivity index (χ0) is 18.5. The second-order valence-electron chi connectivity index (χ2n) is 5.59. The van der Waals surface area contributed by atoms with Crippen molar-refractivity contribution in [3.05, 3.63) is 54.1 Å². The number of para-hydroxylation sites is 1. The monoisotopic (exact) mass is 371 g/mol. The number of hydrogen-bond acceptors (Lipinski definition) is 5. The maximum Gasteiger partial charge on any atom is 0.234 e. The minimum Gasteiger partial charge on any atom is -0.325 e. The van der Waals surface area contributed by atoms with Crippen molar-refractivity contribution >= 4 is 23.4 Å². The summed E-state index contributed by atoms with van der Waals surface area (Å²) in [6, 6.07) is 11.0. The van der Waals surface area contributed by atoms with E-state index in [2.05, 4.69) is 20.5 Å². The standard InChI is InChI=1S/C18H18FN5OS/c1-3-24-17(13-9-12(2)16(19)20-10-13)22-23-18(24)26-11-15(25)21-14-7-5-4-6-8-14/h4-10H,3,11H2,1-2H3,(H,21,25). The largest absolute Gasteiger partial charge is 0.325 e. The van der Waals surface area contributed by atoms with E-state index >= 15 is 0 Å². The fraction of sp³-hybridized carbons (Fsp3) is 0.222. The van der Waals surface area contributed by atoms with Gasteiger partial charge in [-0.15, -0.1) is 10.2 Å². The van der Waals surface area contributed by atoms with E-state index in [-0.39, 0.29) is 11.7 Å². The minimum absolute atomic E-state index is 0.118. The molecule has 6 nitrogen and oxygen atoms in total. The number of hydrogen-bond donors (Lipinski definition) is 1.